The van der Waals surface area contributed by atoms with E-state index in [9.17, 15) is 0 Å². The van der Waals surface area contributed by atoms with Crippen molar-refractivity contribution in [3.05, 3.63) is 28.1 Å². The van der Waals surface area contributed by atoms with E-state index in [0.29, 0.717) is 21.5 Å². The number of hydrogen-bond donors (Lipinski definition) is 0. The van der Waals surface area contributed by atoms with Crippen LogP contribution in [0.3, 0.4) is 0 Å². The summed E-state index contributed by atoms with van der Waals surface area (Å²) < 4.78 is 5.25. The topological polar surface area (TPSA) is 26.0 Å². The average Bonchev–Trinajstić information content (AvgIpc) is 2.39. The zero-order valence-corrected chi connectivity index (χ0v) is 7.78. The van der Waals surface area contributed by atoms with E-state index in [2.05, 4.69) is 4.98 Å². The summed E-state index contributed by atoms with van der Waals surface area (Å²) in [6, 6.07) is 3.48. The van der Waals surface area contributed by atoms with Crippen molar-refractivity contribution < 1.29 is 4.42 Å². The first kappa shape index (κ1) is 7.90. The Hall–Kier alpha value is -0.730. The minimum absolute atomic E-state index is 0.426. The van der Waals surface area contributed by atoms with Crippen molar-refractivity contribution >= 4 is 34.3 Å². The summed E-state index contributed by atoms with van der Waals surface area (Å²) in [6.45, 7) is 1.77. The molecule has 0 unspecified atom stereocenters. The van der Waals surface area contributed by atoms with E-state index in [1.165, 1.54) is 0 Å². The number of aromatic nitrogens is 1. The largest absolute Gasteiger partial charge is 0.439 e. The molecule has 0 saturated heterocycles. The third kappa shape index (κ3) is 1.08. The molecule has 62 valence electrons. The summed E-state index contributed by atoms with van der Waals surface area (Å²) >= 11 is 11.7. The van der Waals surface area contributed by atoms with Crippen LogP contribution in [0.4, 0.5) is 0 Å². The normalized spacial score (nSPS) is 10.9. The number of halogens is 2. The Kier molecular flexibility index (Phi) is 1.74. The molecule has 0 saturated carbocycles. The molecule has 0 aliphatic rings. The highest BCUT2D eigenvalue weighted by molar-refractivity contribution is 6.44. The van der Waals surface area contributed by atoms with Gasteiger partial charge in [-0.2, -0.15) is 0 Å². The zero-order chi connectivity index (χ0) is 8.72. The zero-order valence-electron chi connectivity index (χ0n) is 6.27. The number of hydrogen-bond acceptors (Lipinski definition) is 2. The fourth-order valence-electron chi connectivity index (χ4n) is 1.05. The second kappa shape index (κ2) is 2.64. The van der Waals surface area contributed by atoms with Gasteiger partial charge in [0.1, 0.15) is 10.5 Å². The predicted octanol–water partition coefficient (Wildman–Crippen LogP) is 3.44. The van der Waals surface area contributed by atoms with Crippen molar-refractivity contribution in [3.8, 4) is 0 Å². The smallest absolute Gasteiger partial charge is 0.192 e. The molecule has 0 fully saturated rings. The number of oxazole rings is 1. The maximum Gasteiger partial charge on any atom is 0.192 e. The van der Waals surface area contributed by atoms with E-state index >= 15 is 0 Å². The number of nitrogens with zero attached hydrogens (tertiary/aromatic N) is 1. The van der Waals surface area contributed by atoms with Crippen molar-refractivity contribution in [1.82, 2.24) is 4.98 Å². The highest BCUT2D eigenvalue weighted by atomic mass is 35.5. The number of benzene rings is 1. The standard InChI is InChI=1S/C8H5Cl2NO/c1-4-11-6-3-2-5(9)7(10)8(6)12-4/h2-3H,1H3. The molecule has 0 spiro atoms. The Morgan fingerprint density at radius 3 is 2.83 bits per heavy atom. The van der Waals surface area contributed by atoms with Crippen LogP contribution in [0.5, 0.6) is 0 Å². The number of aryl methyl sites for hydroxylation is 1. The highest BCUT2D eigenvalue weighted by Gasteiger charge is 2.08. The van der Waals surface area contributed by atoms with Gasteiger partial charge in [0, 0.05) is 6.92 Å². The summed E-state index contributed by atoms with van der Waals surface area (Å²) in [5, 5.41) is 0.912. The second-order valence-electron chi connectivity index (χ2n) is 2.44. The third-order valence-corrected chi connectivity index (χ3v) is 2.34. The van der Waals surface area contributed by atoms with Gasteiger partial charge in [0.15, 0.2) is 11.5 Å². The third-order valence-electron chi connectivity index (χ3n) is 1.56. The second-order valence-corrected chi connectivity index (χ2v) is 3.23. The first-order valence-corrected chi connectivity index (χ1v) is 4.15. The molecule has 1 aromatic heterocycles. The van der Waals surface area contributed by atoms with E-state index in [0.717, 1.165) is 5.52 Å². The van der Waals surface area contributed by atoms with Gasteiger partial charge in [-0.25, -0.2) is 4.98 Å². The molecule has 1 aromatic carbocycles. The van der Waals surface area contributed by atoms with Gasteiger partial charge in [0.2, 0.25) is 0 Å². The van der Waals surface area contributed by atoms with Crippen LogP contribution in [-0.2, 0) is 0 Å². The lowest BCUT2D eigenvalue weighted by molar-refractivity contribution is 0.561. The molecule has 0 aliphatic carbocycles. The van der Waals surface area contributed by atoms with Crippen LogP contribution < -0.4 is 0 Å². The van der Waals surface area contributed by atoms with Crippen molar-refractivity contribution in [1.29, 1.82) is 0 Å². The van der Waals surface area contributed by atoms with E-state index in [4.69, 9.17) is 27.6 Å². The Morgan fingerprint density at radius 2 is 2.08 bits per heavy atom. The van der Waals surface area contributed by atoms with E-state index in [1.54, 1.807) is 19.1 Å². The lowest BCUT2D eigenvalue weighted by atomic mass is 10.3. The van der Waals surface area contributed by atoms with Gasteiger partial charge in [-0.05, 0) is 12.1 Å². The van der Waals surface area contributed by atoms with Crippen LogP contribution in [0.15, 0.2) is 16.5 Å². The van der Waals surface area contributed by atoms with Gasteiger partial charge in [-0.15, -0.1) is 0 Å². The molecule has 1 heterocycles. The first-order chi connectivity index (χ1) is 5.68. The molecule has 0 atom stereocenters. The molecule has 0 aliphatic heterocycles. The average molecular weight is 202 g/mol. The van der Waals surface area contributed by atoms with E-state index < -0.39 is 0 Å². The Balaban J connectivity index is 2.89. The maximum absolute atomic E-state index is 5.87. The molecule has 0 amide bonds. The van der Waals surface area contributed by atoms with Crippen LogP contribution in [0.25, 0.3) is 11.1 Å². The first-order valence-electron chi connectivity index (χ1n) is 3.39. The minimum atomic E-state index is 0.426. The van der Waals surface area contributed by atoms with Crippen LogP contribution in [0, 0.1) is 6.92 Å². The Bertz CT molecular complexity index is 436. The molecule has 12 heavy (non-hydrogen) atoms. The van der Waals surface area contributed by atoms with Gasteiger partial charge in [0.05, 0.1) is 5.02 Å². The van der Waals surface area contributed by atoms with Gasteiger partial charge in [-0.1, -0.05) is 23.2 Å². The van der Waals surface area contributed by atoms with Gasteiger partial charge < -0.3 is 4.42 Å². The summed E-state index contributed by atoms with van der Waals surface area (Å²) in [5.74, 6) is 0.592. The predicted molar refractivity (Wildman–Crippen MR) is 48.8 cm³/mol. The summed E-state index contributed by atoms with van der Waals surface area (Å²) in [7, 11) is 0. The number of fused-ring (bicyclic) bond motifs is 1. The molecule has 0 N–H and O–H groups in total. The lowest BCUT2D eigenvalue weighted by Gasteiger charge is -1.92. The van der Waals surface area contributed by atoms with Gasteiger partial charge in [0.25, 0.3) is 0 Å². The van der Waals surface area contributed by atoms with E-state index in [-0.39, 0.29) is 0 Å². The lowest BCUT2D eigenvalue weighted by Crippen LogP contribution is -1.70. The van der Waals surface area contributed by atoms with Crippen LogP contribution in [0.2, 0.25) is 10.0 Å². The van der Waals surface area contributed by atoms with Gasteiger partial charge >= 0.3 is 0 Å². The maximum atomic E-state index is 5.87. The van der Waals surface area contributed by atoms with Gasteiger partial charge in [-0.3, -0.25) is 0 Å². The summed E-state index contributed by atoms with van der Waals surface area (Å²) in [5.41, 5.74) is 1.29. The minimum Gasteiger partial charge on any atom is -0.439 e. The quantitative estimate of drug-likeness (QED) is 0.653. The highest BCUT2D eigenvalue weighted by Crippen LogP contribution is 2.30. The molecule has 0 bridgehead atoms. The molecule has 2 rings (SSSR count). The molecule has 4 heteroatoms. The van der Waals surface area contributed by atoms with Crippen molar-refractivity contribution in [2.24, 2.45) is 0 Å². The molecule has 0 radical (unpaired) electrons. The summed E-state index contributed by atoms with van der Waals surface area (Å²) in [4.78, 5) is 4.11. The van der Waals surface area contributed by atoms with Crippen molar-refractivity contribution in [2.75, 3.05) is 0 Å². The fraction of sp³-hybridized carbons (Fsp3) is 0.125. The summed E-state index contributed by atoms with van der Waals surface area (Å²) in [6.07, 6.45) is 0. The fourth-order valence-corrected chi connectivity index (χ4v) is 1.39. The number of rotatable bonds is 0. The van der Waals surface area contributed by atoms with Crippen molar-refractivity contribution in [2.45, 2.75) is 6.92 Å². The monoisotopic (exact) mass is 201 g/mol. The molecular formula is C8H5Cl2NO. The van der Waals surface area contributed by atoms with Crippen molar-refractivity contribution in [3.63, 3.8) is 0 Å². The van der Waals surface area contributed by atoms with Crippen LogP contribution in [-0.4, -0.2) is 4.98 Å². The van der Waals surface area contributed by atoms with E-state index in [1.807, 2.05) is 0 Å². The van der Waals surface area contributed by atoms with Crippen LogP contribution in [0.1, 0.15) is 5.89 Å². The molecular weight excluding hydrogens is 197 g/mol. The molecule has 2 nitrogen and oxygen atoms in total. The molecule has 2 aromatic rings. The SMILES string of the molecule is Cc1nc2ccc(Cl)c(Cl)c2o1. The van der Waals surface area contributed by atoms with Crippen LogP contribution >= 0.6 is 23.2 Å². The Morgan fingerprint density at radius 1 is 1.33 bits per heavy atom. The Labute approximate surface area is 79.1 Å².